The summed E-state index contributed by atoms with van der Waals surface area (Å²) in [6, 6.07) is 19.0. The van der Waals surface area contributed by atoms with E-state index >= 15 is 0 Å². The first-order valence-electron chi connectivity index (χ1n) is 9.11. The number of anilines is 1. The zero-order valence-corrected chi connectivity index (χ0v) is 17.9. The first-order valence-corrected chi connectivity index (χ1v) is 9.87. The van der Waals surface area contributed by atoms with E-state index in [1.165, 1.54) is 6.07 Å². The van der Waals surface area contributed by atoms with Gasteiger partial charge in [-0.3, -0.25) is 9.59 Å². The van der Waals surface area contributed by atoms with E-state index in [1.807, 2.05) is 25.1 Å². The number of nitrogens with zero attached hydrogens (tertiary/aromatic N) is 1. The van der Waals surface area contributed by atoms with Crippen molar-refractivity contribution in [2.75, 3.05) is 5.32 Å². The largest absolute Gasteiger partial charge is 0.322 e. The molecule has 2 amide bonds. The number of carbonyl (C=O) groups excluding carboxylic acids is 2. The van der Waals surface area contributed by atoms with Gasteiger partial charge in [-0.15, -0.1) is 0 Å². The lowest BCUT2D eigenvalue weighted by Crippen LogP contribution is -2.19. The molecule has 0 aromatic heterocycles. The van der Waals surface area contributed by atoms with Crippen molar-refractivity contribution >= 4 is 46.4 Å². The summed E-state index contributed by atoms with van der Waals surface area (Å²) in [7, 11) is 0. The van der Waals surface area contributed by atoms with Gasteiger partial charge in [-0.05, 0) is 61.9 Å². The van der Waals surface area contributed by atoms with Crippen LogP contribution in [-0.4, -0.2) is 17.5 Å². The number of carbonyl (C=O) groups is 2. The molecule has 0 fully saturated rings. The minimum Gasteiger partial charge on any atom is -0.322 e. The Morgan fingerprint density at radius 2 is 1.60 bits per heavy atom. The summed E-state index contributed by atoms with van der Waals surface area (Å²) in [6.07, 6.45) is 0. The maximum absolute atomic E-state index is 12.5. The van der Waals surface area contributed by atoms with Gasteiger partial charge in [0.05, 0.1) is 16.3 Å². The van der Waals surface area contributed by atoms with Gasteiger partial charge in [0.25, 0.3) is 11.8 Å². The van der Waals surface area contributed by atoms with E-state index in [-0.39, 0.29) is 16.8 Å². The predicted molar refractivity (Wildman–Crippen MR) is 122 cm³/mol. The second-order valence-electron chi connectivity index (χ2n) is 6.66. The van der Waals surface area contributed by atoms with Crippen molar-refractivity contribution in [2.45, 2.75) is 13.8 Å². The number of rotatable bonds is 5. The van der Waals surface area contributed by atoms with Crippen molar-refractivity contribution in [2.24, 2.45) is 5.10 Å². The van der Waals surface area contributed by atoms with Crippen molar-refractivity contribution in [3.63, 3.8) is 0 Å². The van der Waals surface area contributed by atoms with Crippen LogP contribution in [0.5, 0.6) is 0 Å². The van der Waals surface area contributed by atoms with Crippen molar-refractivity contribution in [3.05, 3.63) is 99.0 Å². The summed E-state index contributed by atoms with van der Waals surface area (Å²) in [4.78, 5) is 24.7. The van der Waals surface area contributed by atoms with Crippen LogP contribution in [0.15, 0.2) is 71.8 Å². The molecule has 0 aliphatic rings. The minimum absolute atomic E-state index is 0.271. The van der Waals surface area contributed by atoms with E-state index in [0.717, 1.165) is 11.1 Å². The van der Waals surface area contributed by atoms with Crippen molar-refractivity contribution < 1.29 is 9.59 Å². The Hall–Kier alpha value is -3.15. The van der Waals surface area contributed by atoms with E-state index in [2.05, 4.69) is 15.8 Å². The molecule has 0 radical (unpaired) electrons. The summed E-state index contributed by atoms with van der Waals surface area (Å²) in [5.74, 6) is -0.646. The summed E-state index contributed by atoms with van der Waals surface area (Å²) in [6.45, 7) is 3.73. The second-order valence-corrected chi connectivity index (χ2v) is 7.51. The average molecular weight is 440 g/mol. The molecule has 2 N–H and O–H groups in total. The lowest BCUT2D eigenvalue weighted by atomic mass is 10.1. The van der Waals surface area contributed by atoms with E-state index < -0.39 is 0 Å². The Kier molecular flexibility index (Phi) is 6.87. The van der Waals surface area contributed by atoms with Gasteiger partial charge in [0.2, 0.25) is 0 Å². The van der Waals surface area contributed by atoms with Gasteiger partial charge >= 0.3 is 0 Å². The maximum atomic E-state index is 12.5. The molecule has 5 nitrogen and oxygen atoms in total. The monoisotopic (exact) mass is 439 g/mol. The SMILES string of the molecule is CC(=NNC(=O)c1ccc(C)cc1)c1cccc(NC(=O)c2ccc(Cl)cc2Cl)c1. The predicted octanol–water partition coefficient (Wildman–Crippen LogP) is 5.71. The van der Waals surface area contributed by atoms with Crippen LogP contribution in [0.1, 0.15) is 38.8 Å². The Labute approximate surface area is 184 Å². The van der Waals surface area contributed by atoms with Crippen LogP contribution in [0.25, 0.3) is 0 Å². The smallest absolute Gasteiger partial charge is 0.271 e. The number of hydrogen-bond donors (Lipinski definition) is 2. The first-order chi connectivity index (χ1) is 14.3. The van der Waals surface area contributed by atoms with Crippen LogP contribution >= 0.6 is 23.2 Å². The van der Waals surface area contributed by atoms with Gasteiger partial charge in [-0.25, -0.2) is 5.43 Å². The van der Waals surface area contributed by atoms with Gasteiger partial charge in [-0.2, -0.15) is 5.10 Å². The van der Waals surface area contributed by atoms with Crippen LogP contribution < -0.4 is 10.7 Å². The zero-order chi connectivity index (χ0) is 21.7. The Bertz CT molecular complexity index is 1130. The fourth-order valence-corrected chi connectivity index (χ4v) is 3.16. The van der Waals surface area contributed by atoms with E-state index in [0.29, 0.717) is 27.5 Å². The number of hydrogen-bond acceptors (Lipinski definition) is 3. The van der Waals surface area contributed by atoms with Crippen molar-refractivity contribution in [3.8, 4) is 0 Å². The molecule has 0 saturated carbocycles. The molecule has 3 aromatic rings. The summed E-state index contributed by atoms with van der Waals surface area (Å²) < 4.78 is 0. The number of amides is 2. The lowest BCUT2D eigenvalue weighted by Gasteiger charge is -2.09. The zero-order valence-electron chi connectivity index (χ0n) is 16.4. The minimum atomic E-state index is -0.351. The molecule has 0 atom stereocenters. The highest BCUT2D eigenvalue weighted by Gasteiger charge is 2.12. The van der Waals surface area contributed by atoms with E-state index in [4.69, 9.17) is 23.2 Å². The molecule has 0 bridgehead atoms. The van der Waals surface area contributed by atoms with Crippen LogP contribution in [0.2, 0.25) is 10.0 Å². The topological polar surface area (TPSA) is 70.6 Å². The van der Waals surface area contributed by atoms with Gasteiger partial charge in [0.15, 0.2) is 0 Å². The van der Waals surface area contributed by atoms with E-state index in [1.54, 1.807) is 49.4 Å². The molecule has 0 spiro atoms. The molecule has 152 valence electrons. The summed E-state index contributed by atoms with van der Waals surface area (Å²) in [5, 5.41) is 7.69. The molecule has 7 heteroatoms. The third-order valence-corrected chi connectivity index (χ3v) is 4.90. The standard InChI is InChI=1S/C23H19Cl2N3O2/c1-14-6-8-16(9-7-14)22(29)28-27-15(2)17-4-3-5-19(12-17)26-23(30)20-11-10-18(24)13-21(20)25/h3-13H,1-2H3,(H,26,30)(H,28,29). The quantitative estimate of drug-likeness (QED) is 0.394. The van der Waals surface area contributed by atoms with Gasteiger partial charge in [0, 0.05) is 16.3 Å². The summed E-state index contributed by atoms with van der Waals surface area (Å²) >= 11 is 12.0. The highest BCUT2D eigenvalue weighted by atomic mass is 35.5. The number of halogens is 2. The van der Waals surface area contributed by atoms with Gasteiger partial charge in [-0.1, -0.05) is 53.0 Å². The Morgan fingerprint density at radius 1 is 0.867 bits per heavy atom. The molecule has 0 aliphatic carbocycles. The highest BCUT2D eigenvalue weighted by molar-refractivity contribution is 6.37. The lowest BCUT2D eigenvalue weighted by molar-refractivity contribution is 0.0954. The first kappa shape index (κ1) is 21.6. The number of nitrogens with one attached hydrogen (secondary N) is 2. The third kappa shape index (κ3) is 5.47. The molecule has 3 rings (SSSR count). The summed E-state index contributed by atoms with van der Waals surface area (Å²) in [5.41, 5.74) is 6.38. The normalized spacial score (nSPS) is 11.1. The number of aryl methyl sites for hydroxylation is 1. The fourth-order valence-electron chi connectivity index (χ4n) is 2.66. The van der Waals surface area contributed by atoms with Crippen LogP contribution in [0, 0.1) is 6.92 Å². The molecule has 30 heavy (non-hydrogen) atoms. The third-order valence-electron chi connectivity index (χ3n) is 4.35. The Balaban J connectivity index is 1.70. The maximum Gasteiger partial charge on any atom is 0.271 e. The molecular formula is C23H19Cl2N3O2. The van der Waals surface area contributed by atoms with Crippen molar-refractivity contribution in [1.29, 1.82) is 0 Å². The number of hydrazone groups is 1. The number of benzene rings is 3. The van der Waals surface area contributed by atoms with Crippen LogP contribution in [0.3, 0.4) is 0 Å². The molecule has 0 heterocycles. The highest BCUT2D eigenvalue weighted by Crippen LogP contribution is 2.22. The van der Waals surface area contributed by atoms with Gasteiger partial charge < -0.3 is 5.32 Å². The fraction of sp³-hybridized carbons (Fsp3) is 0.0870. The molecule has 0 saturated heterocycles. The molecule has 0 unspecified atom stereocenters. The molecule has 0 aliphatic heterocycles. The molecule has 3 aromatic carbocycles. The Morgan fingerprint density at radius 3 is 2.30 bits per heavy atom. The van der Waals surface area contributed by atoms with Crippen LogP contribution in [0.4, 0.5) is 5.69 Å². The van der Waals surface area contributed by atoms with E-state index in [9.17, 15) is 9.59 Å². The molecular weight excluding hydrogens is 421 g/mol. The average Bonchev–Trinajstić information content (AvgIpc) is 2.72. The second kappa shape index (κ2) is 9.57. The van der Waals surface area contributed by atoms with Gasteiger partial charge in [0.1, 0.15) is 0 Å². The van der Waals surface area contributed by atoms with Crippen molar-refractivity contribution in [1.82, 2.24) is 5.43 Å². The van der Waals surface area contributed by atoms with Crippen LogP contribution in [-0.2, 0) is 0 Å².